The molecule has 160 valence electrons. The number of rotatable bonds is 7. The van der Waals surface area contributed by atoms with Crippen LogP contribution in [0.2, 0.25) is 0 Å². The highest BCUT2D eigenvalue weighted by atomic mass is 32.2. The molecule has 0 spiro atoms. The highest BCUT2D eigenvalue weighted by Crippen LogP contribution is 2.40. The van der Waals surface area contributed by atoms with Crippen molar-refractivity contribution in [2.24, 2.45) is 0 Å². The van der Waals surface area contributed by atoms with Crippen LogP contribution in [0.25, 0.3) is 0 Å². The molecule has 3 aromatic carbocycles. The molecule has 0 unspecified atom stereocenters. The Morgan fingerprint density at radius 1 is 0.903 bits per heavy atom. The van der Waals surface area contributed by atoms with Gasteiger partial charge in [-0.05, 0) is 72.6 Å². The first-order valence-corrected chi connectivity index (χ1v) is 12.1. The van der Waals surface area contributed by atoms with E-state index in [0.717, 1.165) is 30.8 Å². The number of benzene rings is 3. The van der Waals surface area contributed by atoms with Crippen LogP contribution in [0.15, 0.2) is 83.8 Å². The quantitative estimate of drug-likeness (QED) is 0.301. The van der Waals surface area contributed by atoms with E-state index in [1.54, 1.807) is 12.1 Å². The van der Waals surface area contributed by atoms with Crippen LogP contribution in [-0.2, 0) is 11.2 Å². The van der Waals surface area contributed by atoms with Crippen molar-refractivity contribution < 1.29 is 4.39 Å². The van der Waals surface area contributed by atoms with Gasteiger partial charge in [0.25, 0.3) is 0 Å². The fourth-order valence-electron chi connectivity index (χ4n) is 4.22. The predicted molar refractivity (Wildman–Crippen MR) is 133 cm³/mol. The van der Waals surface area contributed by atoms with Crippen molar-refractivity contribution in [3.8, 4) is 0 Å². The molecule has 1 aliphatic rings. The maximum atomic E-state index is 13.4. The van der Waals surface area contributed by atoms with Gasteiger partial charge >= 0.3 is 0 Å². The van der Waals surface area contributed by atoms with Gasteiger partial charge in [-0.25, -0.2) is 4.39 Å². The molecule has 0 aliphatic heterocycles. The van der Waals surface area contributed by atoms with Gasteiger partial charge in [0.05, 0.1) is 0 Å². The number of hydrogen-bond donors (Lipinski definition) is 2. The van der Waals surface area contributed by atoms with Crippen LogP contribution >= 0.6 is 24.0 Å². The summed E-state index contributed by atoms with van der Waals surface area (Å²) in [6.07, 6.45) is 4.59. The molecule has 0 saturated heterocycles. The van der Waals surface area contributed by atoms with Crippen molar-refractivity contribution >= 4 is 34.8 Å². The summed E-state index contributed by atoms with van der Waals surface area (Å²) in [6, 6.07) is 25.8. The number of thioether (sulfide) groups is 1. The van der Waals surface area contributed by atoms with Gasteiger partial charge in [0, 0.05) is 28.3 Å². The lowest BCUT2D eigenvalue weighted by Gasteiger charge is -2.30. The Bertz CT molecular complexity index is 982. The molecule has 4 rings (SSSR count). The lowest BCUT2D eigenvalue weighted by Crippen LogP contribution is -2.40. The summed E-state index contributed by atoms with van der Waals surface area (Å²) in [5.74, 6) is 0.750. The number of hydrogen-bond acceptors (Lipinski definition) is 2. The molecule has 1 aliphatic carbocycles. The van der Waals surface area contributed by atoms with Crippen LogP contribution in [-0.4, -0.2) is 11.7 Å². The Labute approximate surface area is 193 Å². The van der Waals surface area contributed by atoms with Crippen molar-refractivity contribution in [1.82, 2.24) is 5.32 Å². The first-order chi connectivity index (χ1) is 15.1. The Morgan fingerprint density at radius 3 is 2.26 bits per heavy atom. The van der Waals surface area contributed by atoms with E-state index in [1.807, 2.05) is 30.0 Å². The molecule has 0 radical (unpaired) electrons. The normalized spacial score (nSPS) is 14.9. The summed E-state index contributed by atoms with van der Waals surface area (Å²) in [6.45, 7) is 0.760. The maximum Gasteiger partial charge on any atom is 0.170 e. The van der Waals surface area contributed by atoms with E-state index in [0.29, 0.717) is 5.11 Å². The van der Waals surface area contributed by atoms with E-state index >= 15 is 0 Å². The smallest absolute Gasteiger partial charge is 0.170 e. The molecule has 3 aromatic rings. The van der Waals surface area contributed by atoms with Gasteiger partial charge < -0.3 is 10.6 Å². The van der Waals surface area contributed by atoms with Crippen molar-refractivity contribution in [3.63, 3.8) is 0 Å². The van der Waals surface area contributed by atoms with Gasteiger partial charge in [-0.1, -0.05) is 55.3 Å². The third-order valence-corrected chi connectivity index (χ3v) is 7.29. The molecule has 2 nitrogen and oxygen atoms in total. The summed E-state index contributed by atoms with van der Waals surface area (Å²) in [4.78, 5) is 1.28. The van der Waals surface area contributed by atoms with E-state index in [2.05, 4.69) is 59.2 Å². The van der Waals surface area contributed by atoms with Crippen molar-refractivity contribution in [2.75, 3.05) is 11.9 Å². The van der Waals surface area contributed by atoms with Crippen LogP contribution in [0, 0.1) is 5.82 Å². The molecule has 5 heteroatoms. The lowest BCUT2D eigenvalue weighted by atomic mass is 9.79. The summed E-state index contributed by atoms with van der Waals surface area (Å²) < 4.78 is 13.4. The van der Waals surface area contributed by atoms with E-state index in [1.165, 1.54) is 28.9 Å². The second kappa shape index (κ2) is 10.3. The van der Waals surface area contributed by atoms with Crippen LogP contribution < -0.4 is 10.6 Å². The molecular weight excluding hydrogens is 423 g/mol. The van der Waals surface area contributed by atoms with Gasteiger partial charge in [0.2, 0.25) is 0 Å². The number of halogens is 1. The largest absolute Gasteiger partial charge is 0.362 e. The second-order valence-electron chi connectivity index (χ2n) is 8.10. The van der Waals surface area contributed by atoms with Gasteiger partial charge in [-0.15, -0.1) is 11.8 Å². The zero-order valence-corrected chi connectivity index (χ0v) is 19.1. The molecule has 0 atom stereocenters. The first kappa shape index (κ1) is 21.8. The topological polar surface area (TPSA) is 24.1 Å². The third kappa shape index (κ3) is 5.86. The predicted octanol–water partition coefficient (Wildman–Crippen LogP) is 6.92. The molecule has 31 heavy (non-hydrogen) atoms. The summed E-state index contributed by atoms with van der Waals surface area (Å²) in [5, 5.41) is 7.33. The summed E-state index contributed by atoms with van der Waals surface area (Å²) in [7, 11) is 0. The van der Waals surface area contributed by atoms with Crippen LogP contribution in [0.3, 0.4) is 0 Å². The molecular formula is C26H27FN2S2. The minimum absolute atomic E-state index is 0.0258. The van der Waals surface area contributed by atoms with Crippen molar-refractivity contribution in [3.05, 3.63) is 95.8 Å². The van der Waals surface area contributed by atoms with E-state index in [-0.39, 0.29) is 11.2 Å². The standard InChI is InChI=1S/C26H27FN2S2/c27-22-12-10-21(11-13-22)26(16-4-5-17-26)19-28-25(30)29-23-14-8-20(9-15-23)18-31-24-6-2-1-3-7-24/h1-3,6-15H,4-5,16-19H2,(H2,28,29,30). The average Bonchev–Trinajstić information content (AvgIpc) is 3.29. The lowest BCUT2D eigenvalue weighted by molar-refractivity contribution is 0.434. The van der Waals surface area contributed by atoms with Crippen molar-refractivity contribution in [2.45, 2.75) is 41.7 Å². The van der Waals surface area contributed by atoms with Crippen LogP contribution in [0.4, 0.5) is 10.1 Å². The van der Waals surface area contributed by atoms with Crippen LogP contribution in [0.5, 0.6) is 0 Å². The van der Waals surface area contributed by atoms with Crippen LogP contribution in [0.1, 0.15) is 36.8 Å². The Morgan fingerprint density at radius 2 is 1.58 bits per heavy atom. The SMILES string of the molecule is Fc1ccc(C2(CNC(=S)Nc3ccc(CSc4ccccc4)cc3)CCCC2)cc1. The first-order valence-electron chi connectivity index (χ1n) is 10.7. The van der Waals surface area contributed by atoms with Gasteiger partial charge in [-0.3, -0.25) is 0 Å². The van der Waals surface area contributed by atoms with E-state index in [9.17, 15) is 4.39 Å². The molecule has 0 amide bonds. The molecule has 0 aromatic heterocycles. The number of thiocarbonyl (C=S) groups is 1. The average molecular weight is 451 g/mol. The minimum atomic E-state index is -0.187. The minimum Gasteiger partial charge on any atom is -0.362 e. The highest BCUT2D eigenvalue weighted by molar-refractivity contribution is 7.98. The summed E-state index contributed by atoms with van der Waals surface area (Å²) >= 11 is 7.38. The molecule has 2 N–H and O–H groups in total. The number of nitrogens with one attached hydrogen (secondary N) is 2. The second-order valence-corrected chi connectivity index (χ2v) is 9.56. The Hall–Kier alpha value is -2.37. The fraction of sp³-hybridized carbons (Fsp3) is 0.269. The molecule has 1 fully saturated rings. The maximum absolute atomic E-state index is 13.4. The molecule has 0 bridgehead atoms. The monoisotopic (exact) mass is 450 g/mol. The summed E-state index contributed by atoms with van der Waals surface area (Å²) in [5.41, 5.74) is 3.48. The zero-order valence-electron chi connectivity index (χ0n) is 17.4. The third-order valence-electron chi connectivity index (χ3n) is 5.97. The molecule has 0 heterocycles. The van der Waals surface area contributed by atoms with E-state index in [4.69, 9.17) is 12.2 Å². The van der Waals surface area contributed by atoms with Crippen molar-refractivity contribution in [1.29, 1.82) is 0 Å². The van der Waals surface area contributed by atoms with E-state index < -0.39 is 0 Å². The highest BCUT2D eigenvalue weighted by Gasteiger charge is 2.35. The fourth-order valence-corrected chi connectivity index (χ4v) is 5.28. The molecule has 1 saturated carbocycles. The zero-order chi connectivity index (χ0) is 21.5. The van der Waals surface area contributed by atoms with Gasteiger partial charge in [0.15, 0.2) is 5.11 Å². The Balaban J connectivity index is 1.30. The number of anilines is 1. The van der Waals surface area contributed by atoms with Gasteiger partial charge in [-0.2, -0.15) is 0 Å². The Kier molecular flexibility index (Phi) is 7.25. The van der Waals surface area contributed by atoms with Gasteiger partial charge in [0.1, 0.15) is 5.82 Å².